The second-order valence-electron chi connectivity index (χ2n) is 6.23. The number of thioether (sulfide) groups is 1. The molecule has 0 aromatic heterocycles. The first-order valence-electron chi connectivity index (χ1n) is 8.70. The Balaban J connectivity index is 1.43. The zero-order chi connectivity index (χ0) is 20.4. The minimum atomic E-state index is -0.516. The first kappa shape index (κ1) is 19.4. The SMILES string of the molecule is O=C(CN1C(=O)S/C(=C/c2cccc(Cl)c2)C1=O)Nc1ccc2c(c1)OCCO2. The highest BCUT2D eigenvalue weighted by atomic mass is 35.5. The van der Waals surface area contributed by atoms with Crippen molar-refractivity contribution in [3.8, 4) is 11.5 Å². The van der Waals surface area contributed by atoms with Crippen LogP contribution < -0.4 is 14.8 Å². The van der Waals surface area contributed by atoms with E-state index in [4.69, 9.17) is 21.1 Å². The predicted molar refractivity (Wildman–Crippen MR) is 110 cm³/mol. The Morgan fingerprint density at radius 2 is 1.93 bits per heavy atom. The molecule has 0 bridgehead atoms. The number of hydrogen-bond donors (Lipinski definition) is 1. The number of fused-ring (bicyclic) bond motifs is 1. The summed E-state index contributed by atoms with van der Waals surface area (Å²) in [5, 5.41) is 2.69. The van der Waals surface area contributed by atoms with Crippen molar-refractivity contribution >= 4 is 52.2 Å². The topological polar surface area (TPSA) is 84.9 Å². The summed E-state index contributed by atoms with van der Waals surface area (Å²) in [6.07, 6.45) is 1.58. The van der Waals surface area contributed by atoms with Crippen molar-refractivity contribution in [1.82, 2.24) is 4.90 Å². The molecule has 148 valence electrons. The van der Waals surface area contributed by atoms with Gasteiger partial charge in [0.05, 0.1) is 4.91 Å². The van der Waals surface area contributed by atoms with E-state index in [0.29, 0.717) is 41.0 Å². The summed E-state index contributed by atoms with van der Waals surface area (Å²) in [6, 6.07) is 11.9. The summed E-state index contributed by atoms with van der Waals surface area (Å²) in [7, 11) is 0. The van der Waals surface area contributed by atoms with Gasteiger partial charge in [0.15, 0.2) is 11.5 Å². The molecule has 2 aromatic carbocycles. The Bertz CT molecular complexity index is 1040. The third-order valence-corrected chi connectivity index (χ3v) is 5.29. The van der Waals surface area contributed by atoms with Gasteiger partial charge in [-0.2, -0.15) is 0 Å². The first-order valence-corrected chi connectivity index (χ1v) is 9.89. The van der Waals surface area contributed by atoms with Crippen molar-refractivity contribution in [1.29, 1.82) is 0 Å². The van der Waals surface area contributed by atoms with E-state index in [2.05, 4.69) is 5.32 Å². The molecule has 0 atom stereocenters. The van der Waals surface area contributed by atoms with Crippen molar-refractivity contribution in [3.05, 3.63) is 58.0 Å². The van der Waals surface area contributed by atoms with Crippen LogP contribution in [0.5, 0.6) is 11.5 Å². The molecule has 1 N–H and O–H groups in total. The minimum absolute atomic E-state index is 0.240. The molecule has 29 heavy (non-hydrogen) atoms. The number of imide groups is 1. The monoisotopic (exact) mass is 430 g/mol. The number of benzene rings is 2. The third-order valence-electron chi connectivity index (χ3n) is 4.15. The summed E-state index contributed by atoms with van der Waals surface area (Å²) in [5.41, 5.74) is 1.18. The number of hydrogen-bond acceptors (Lipinski definition) is 6. The molecular formula is C20H15ClN2O5S. The number of nitrogens with zero attached hydrogens (tertiary/aromatic N) is 1. The highest BCUT2D eigenvalue weighted by Gasteiger charge is 2.36. The van der Waals surface area contributed by atoms with E-state index in [0.717, 1.165) is 16.7 Å². The van der Waals surface area contributed by atoms with Gasteiger partial charge in [-0.3, -0.25) is 19.3 Å². The van der Waals surface area contributed by atoms with Crippen molar-refractivity contribution < 1.29 is 23.9 Å². The number of rotatable bonds is 4. The molecule has 7 nitrogen and oxygen atoms in total. The Morgan fingerprint density at radius 1 is 1.14 bits per heavy atom. The first-order chi connectivity index (χ1) is 14.0. The van der Waals surface area contributed by atoms with Crippen molar-refractivity contribution in [2.45, 2.75) is 0 Å². The smallest absolute Gasteiger partial charge is 0.294 e. The van der Waals surface area contributed by atoms with Gasteiger partial charge in [0.2, 0.25) is 5.91 Å². The Morgan fingerprint density at radius 3 is 2.72 bits per heavy atom. The summed E-state index contributed by atoms with van der Waals surface area (Å²) in [5.74, 6) is 0.126. The molecule has 0 aliphatic carbocycles. The molecule has 2 aliphatic heterocycles. The lowest BCUT2D eigenvalue weighted by molar-refractivity contribution is -0.127. The van der Waals surface area contributed by atoms with Crippen LogP contribution in [-0.4, -0.2) is 41.7 Å². The molecule has 0 unspecified atom stereocenters. The summed E-state index contributed by atoms with van der Waals surface area (Å²) in [6.45, 7) is 0.521. The zero-order valence-electron chi connectivity index (χ0n) is 15.0. The van der Waals surface area contributed by atoms with Crippen LogP contribution in [0.3, 0.4) is 0 Å². The van der Waals surface area contributed by atoms with Crippen LogP contribution in [0, 0.1) is 0 Å². The maximum Gasteiger partial charge on any atom is 0.294 e. The van der Waals surface area contributed by atoms with Gasteiger partial charge in [0, 0.05) is 16.8 Å². The minimum Gasteiger partial charge on any atom is -0.486 e. The molecule has 1 saturated heterocycles. The quantitative estimate of drug-likeness (QED) is 0.743. The second kappa shape index (κ2) is 8.18. The molecule has 0 spiro atoms. The summed E-state index contributed by atoms with van der Waals surface area (Å²) in [4.78, 5) is 38.3. The average Bonchev–Trinajstić information content (AvgIpc) is 2.95. The van der Waals surface area contributed by atoms with Gasteiger partial charge in [-0.15, -0.1) is 0 Å². The van der Waals surface area contributed by atoms with E-state index >= 15 is 0 Å². The van der Waals surface area contributed by atoms with Crippen LogP contribution in [0.2, 0.25) is 5.02 Å². The van der Waals surface area contributed by atoms with Gasteiger partial charge in [-0.05, 0) is 47.7 Å². The lowest BCUT2D eigenvalue weighted by atomic mass is 10.2. The Kier molecular flexibility index (Phi) is 5.46. The molecule has 0 saturated carbocycles. The number of ether oxygens (including phenoxy) is 2. The van der Waals surface area contributed by atoms with Crippen LogP contribution in [-0.2, 0) is 9.59 Å². The van der Waals surface area contributed by atoms with Crippen LogP contribution in [0.1, 0.15) is 5.56 Å². The van der Waals surface area contributed by atoms with E-state index < -0.39 is 17.1 Å². The fourth-order valence-corrected chi connectivity index (χ4v) is 3.89. The van der Waals surface area contributed by atoms with E-state index in [1.54, 1.807) is 48.5 Å². The van der Waals surface area contributed by atoms with Gasteiger partial charge < -0.3 is 14.8 Å². The molecule has 4 rings (SSSR count). The highest BCUT2D eigenvalue weighted by molar-refractivity contribution is 8.18. The van der Waals surface area contributed by atoms with E-state index in [1.807, 2.05) is 0 Å². The molecule has 0 radical (unpaired) electrons. The molecule has 1 fully saturated rings. The maximum absolute atomic E-state index is 12.6. The van der Waals surface area contributed by atoms with Crippen LogP contribution >= 0.6 is 23.4 Å². The molecular weight excluding hydrogens is 416 g/mol. The van der Waals surface area contributed by atoms with E-state index in [1.165, 1.54) is 0 Å². The number of nitrogens with one attached hydrogen (secondary N) is 1. The molecule has 2 aromatic rings. The molecule has 9 heteroatoms. The normalized spacial score (nSPS) is 17.0. The predicted octanol–water partition coefficient (Wildman–Crippen LogP) is 3.79. The van der Waals surface area contributed by atoms with Gasteiger partial charge in [-0.1, -0.05) is 23.7 Å². The Labute approximate surface area is 175 Å². The lowest BCUT2D eigenvalue weighted by Crippen LogP contribution is -2.36. The van der Waals surface area contributed by atoms with Crippen molar-refractivity contribution in [3.63, 3.8) is 0 Å². The fraction of sp³-hybridized carbons (Fsp3) is 0.150. The fourth-order valence-electron chi connectivity index (χ4n) is 2.85. The van der Waals surface area contributed by atoms with Crippen molar-refractivity contribution in [2.24, 2.45) is 0 Å². The lowest BCUT2D eigenvalue weighted by Gasteiger charge is -2.19. The second-order valence-corrected chi connectivity index (χ2v) is 7.66. The highest BCUT2D eigenvalue weighted by Crippen LogP contribution is 2.34. The van der Waals surface area contributed by atoms with Crippen LogP contribution in [0.4, 0.5) is 10.5 Å². The number of carbonyl (C=O) groups excluding carboxylic acids is 3. The molecule has 3 amide bonds. The van der Waals surface area contributed by atoms with Gasteiger partial charge in [-0.25, -0.2) is 0 Å². The van der Waals surface area contributed by atoms with Crippen molar-refractivity contribution in [2.75, 3.05) is 25.1 Å². The summed E-state index contributed by atoms with van der Waals surface area (Å²) < 4.78 is 10.9. The number of halogens is 1. The number of carbonyl (C=O) groups is 3. The zero-order valence-corrected chi connectivity index (χ0v) is 16.6. The average molecular weight is 431 g/mol. The largest absolute Gasteiger partial charge is 0.486 e. The standard InChI is InChI=1S/C20H15ClN2O5S/c21-13-3-1-2-12(8-13)9-17-19(25)23(20(26)29-17)11-18(24)22-14-4-5-15-16(10-14)28-7-6-27-15/h1-5,8-10H,6-7,11H2,(H,22,24)/b17-9+. The third kappa shape index (κ3) is 4.38. The Hall–Kier alpha value is -2.97. The van der Waals surface area contributed by atoms with Gasteiger partial charge in [0.25, 0.3) is 11.1 Å². The van der Waals surface area contributed by atoms with Gasteiger partial charge in [0.1, 0.15) is 19.8 Å². The van der Waals surface area contributed by atoms with E-state index in [-0.39, 0.29) is 11.4 Å². The van der Waals surface area contributed by atoms with Gasteiger partial charge >= 0.3 is 0 Å². The number of anilines is 1. The molecule has 2 aliphatic rings. The van der Waals surface area contributed by atoms with Crippen LogP contribution in [0.15, 0.2) is 47.4 Å². The summed E-state index contributed by atoms with van der Waals surface area (Å²) >= 11 is 6.73. The number of amides is 3. The maximum atomic E-state index is 12.6. The van der Waals surface area contributed by atoms with Crippen LogP contribution in [0.25, 0.3) is 6.08 Å². The molecule has 2 heterocycles. The van der Waals surface area contributed by atoms with E-state index in [9.17, 15) is 14.4 Å².